The minimum atomic E-state index is -3.38. The fourth-order valence-electron chi connectivity index (χ4n) is 2.36. The topological polar surface area (TPSA) is 58.2 Å². The quantitative estimate of drug-likeness (QED) is 0.863. The number of rotatable bonds is 5. The van der Waals surface area contributed by atoms with Crippen LogP contribution in [0.15, 0.2) is 29.2 Å². The summed E-state index contributed by atoms with van der Waals surface area (Å²) in [4.78, 5) is 0.359. The van der Waals surface area contributed by atoms with Gasteiger partial charge in [-0.15, -0.1) is 0 Å². The first-order valence-corrected chi connectivity index (χ1v) is 8.42. The summed E-state index contributed by atoms with van der Waals surface area (Å²) >= 11 is 0. The second kappa shape index (κ2) is 6.50. The van der Waals surface area contributed by atoms with E-state index in [1.54, 1.807) is 12.1 Å². The van der Waals surface area contributed by atoms with Gasteiger partial charge in [0.1, 0.15) is 0 Å². The lowest BCUT2D eigenvalue weighted by Gasteiger charge is -2.23. The highest BCUT2D eigenvalue weighted by molar-refractivity contribution is 7.89. The number of piperidine rings is 1. The Morgan fingerprint density at radius 1 is 1.32 bits per heavy atom. The van der Waals surface area contributed by atoms with Crippen molar-refractivity contribution in [3.63, 3.8) is 0 Å². The molecular weight excluding hydrogens is 260 g/mol. The van der Waals surface area contributed by atoms with Crippen molar-refractivity contribution >= 4 is 10.0 Å². The molecular formula is C14H22N2O2S. The van der Waals surface area contributed by atoms with Crippen LogP contribution in [0.25, 0.3) is 0 Å². The van der Waals surface area contributed by atoms with Crippen LogP contribution in [0, 0.1) is 0 Å². The van der Waals surface area contributed by atoms with Crippen LogP contribution in [0.2, 0.25) is 0 Å². The molecule has 1 fully saturated rings. The van der Waals surface area contributed by atoms with Gasteiger partial charge in [0.25, 0.3) is 0 Å². The van der Waals surface area contributed by atoms with E-state index in [-0.39, 0.29) is 6.04 Å². The largest absolute Gasteiger partial charge is 0.315 e. The predicted octanol–water partition coefficient (Wildman–Crippen LogP) is 1.67. The highest BCUT2D eigenvalue weighted by Gasteiger charge is 2.21. The van der Waals surface area contributed by atoms with Gasteiger partial charge >= 0.3 is 0 Å². The van der Waals surface area contributed by atoms with Crippen molar-refractivity contribution < 1.29 is 8.42 Å². The third kappa shape index (κ3) is 4.03. The average Bonchev–Trinajstić information content (AvgIpc) is 2.40. The van der Waals surface area contributed by atoms with Gasteiger partial charge in [0.2, 0.25) is 10.0 Å². The molecule has 1 atom stereocenters. The Bertz CT molecular complexity index is 491. The highest BCUT2D eigenvalue weighted by atomic mass is 32.2. The van der Waals surface area contributed by atoms with Crippen molar-refractivity contribution in [3.8, 4) is 0 Å². The monoisotopic (exact) mass is 282 g/mol. The number of aryl methyl sites for hydroxylation is 1. The summed E-state index contributed by atoms with van der Waals surface area (Å²) in [6, 6.07) is 7.20. The molecule has 2 rings (SSSR count). The van der Waals surface area contributed by atoms with E-state index in [0.717, 1.165) is 32.2 Å². The summed E-state index contributed by atoms with van der Waals surface area (Å²) in [5, 5.41) is 3.21. The number of benzene rings is 1. The standard InChI is InChI=1S/C14H22N2O2S/c1-2-4-12-6-8-14(9-7-12)19(17,18)16-13-5-3-10-15-11-13/h6-9,13,15-16H,2-5,10-11H2,1H3/t13-/m0/s1. The first kappa shape index (κ1) is 14.5. The maximum Gasteiger partial charge on any atom is 0.240 e. The molecule has 0 spiro atoms. The Labute approximate surface area is 115 Å². The van der Waals surface area contributed by atoms with Crippen LogP contribution >= 0.6 is 0 Å². The number of hydrogen-bond acceptors (Lipinski definition) is 3. The van der Waals surface area contributed by atoms with Gasteiger partial charge in [0.15, 0.2) is 0 Å². The molecule has 1 aromatic rings. The van der Waals surface area contributed by atoms with Gasteiger partial charge in [0, 0.05) is 12.6 Å². The molecule has 4 nitrogen and oxygen atoms in total. The summed E-state index contributed by atoms with van der Waals surface area (Å²) in [5.74, 6) is 0. The molecule has 1 heterocycles. The second-order valence-electron chi connectivity index (χ2n) is 5.06. The van der Waals surface area contributed by atoms with Crippen molar-refractivity contribution in [2.75, 3.05) is 13.1 Å². The average molecular weight is 282 g/mol. The Morgan fingerprint density at radius 2 is 2.05 bits per heavy atom. The van der Waals surface area contributed by atoms with Gasteiger partial charge < -0.3 is 5.32 Å². The van der Waals surface area contributed by atoms with E-state index in [9.17, 15) is 8.42 Å². The Balaban J connectivity index is 2.05. The van der Waals surface area contributed by atoms with E-state index < -0.39 is 10.0 Å². The van der Waals surface area contributed by atoms with Crippen molar-refractivity contribution in [1.82, 2.24) is 10.0 Å². The molecule has 5 heteroatoms. The zero-order chi connectivity index (χ0) is 13.7. The maximum absolute atomic E-state index is 12.2. The van der Waals surface area contributed by atoms with Crippen LogP contribution in [0.4, 0.5) is 0 Å². The molecule has 0 amide bonds. The van der Waals surface area contributed by atoms with Crippen LogP contribution in [-0.2, 0) is 16.4 Å². The SMILES string of the molecule is CCCc1ccc(S(=O)(=O)N[C@H]2CCCNC2)cc1. The molecule has 0 aliphatic carbocycles. The fraction of sp³-hybridized carbons (Fsp3) is 0.571. The first-order valence-electron chi connectivity index (χ1n) is 6.94. The van der Waals surface area contributed by atoms with E-state index in [4.69, 9.17) is 0 Å². The van der Waals surface area contributed by atoms with E-state index in [1.807, 2.05) is 12.1 Å². The molecule has 0 unspecified atom stereocenters. The molecule has 1 saturated heterocycles. The van der Waals surface area contributed by atoms with E-state index >= 15 is 0 Å². The van der Waals surface area contributed by atoms with Crippen molar-refractivity contribution in [2.24, 2.45) is 0 Å². The minimum absolute atomic E-state index is 0.00840. The minimum Gasteiger partial charge on any atom is -0.315 e. The summed E-state index contributed by atoms with van der Waals surface area (Å²) in [7, 11) is -3.38. The van der Waals surface area contributed by atoms with Crippen molar-refractivity contribution in [1.29, 1.82) is 0 Å². The smallest absolute Gasteiger partial charge is 0.240 e. The van der Waals surface area contributed by atoms with Crippen LogP contribution in [0.5, 0.6) is 0 Å². The lowest BCUT2D eigenvalue weighted by Crippen LogP contribution is -2.45. The highest BCUT2D eigenvalue weighted by Crippen LogP contribution is 2.13. The van der Waals surface area contributed by atoms with Crippen LogP contribution in [0.1, 0.15) is 31.7 Å². The zero-order valence-electron chi connectivity index (χ0n) is 11.4. The van der Waals surface area contributed by atoms with Crippen LogP contribution in [0.3, 0.4) is 0 Å². The summed E-state index contributed by atoms with van der Waals surface area (Å²) in [5.41, 5.74) is 1.18. The lowest BCUT2D eigenvalue weighted by atomic mass is 10.1. The summed E-state index contributed by atoms with van der Waals surface area (Å²) in [6.45, 7) is 3.80. The lowest BCUT2D eigenvalue weighted by molar-refractivity contribution is 0.428. The van der Waals surface area contributed by atoms with Gasteiger partial charge in [-0.1, -0.05) is 25.5 Å². The summed E-state index contributed by atoms with van der Waals surface area (Å²) in [6.07, 6.45) is 3.97. The molecule has 1 aliphatic heterocycles. The second-order valence-corrected chi connectivity index (χ2v) is 6.77. The molecule has 106 valence electrons. The molecule has 2 N–H and O–H groups in total. The maximum atomic E-state index is 12.2. The van der Waals surface area contributed by atoms with E-state index in [2.05, 4.69) is 17.0 Å². The molecule has 0 saturated carbocycles. The zero-order valence-corrected chi connectivity index (χ0v) is 12.2. The van der Waals surface area contributed by atoms with Crippen LogP contribution in [-0.4, -0.2) is 27.5 Å². The number of hydrogen-bond donors (Lipinski definition) is 2. The number of nitrogens with one attached hydrogen (secondary N) is 2. The predicted molar refractivity (Wildman–Crippen MR) is 76.7 cm³/mol. The fourth-order valence-corrected chi connectivity index (χ4v) is 3.63. The van der Waals surface area contributed by atoms with E-state index in [1.165, 1.54) is 5.56 Å². The van der Waals surface area contributed by atoms with E-state index in [0.29, 0.717) is 11.4 Å². The Morgan fingerprint density at radius 3 is 2.63 bits per heavy atom. The number of sulfonamides is 1. The van der Waals surface area contributed by atoms with Crippen LogP contribution < -0.4 is 10.0 Å². The van der Waals surface area contributed by atoms with Gasteiger partial charge in [0.05, 0.1) is 4.90 Å². The normalized spacial score (nSPS) is 20.4. The Hall–Kier alpha value is -0.910. The third-order valence-electron chi connectivity index (χ3n) is 3.39. The summed E-state index contributed by atoms with van der Waals surface area (Å²) < 4.78 is 27.2. The molecule has 19 heavy (non-hydrogen) atoms. The third-order valence-corrected chi connectivity index (χ3v) is 4.93. The van der Waals surface area contributed by atoms with Crippen molar-refractivity contribution in [2.45, 2.75) is 43.5 Å². The molecule has 1 aromatic carbocycles. The first-order chi connectivity index (χ1) is 9.12. The molecule has 0 aromatic heterocycles. The Kier molecular flexibility index (Phi) is 4.96. The molecule has 0 radical (unpaired) electrons. The molecule has 0 bridgehead atoms. The van der Waals surface area contributed by atoms with Gasteiger partial charge in [-0.05, 0) is 43.5 Å². The van der Waals surface area contributed by atoms with Gasteiger partial charge in [-0.25, -0.2) is 13.1 Å². The van der Waals surface area contributed by atoms with Gasteiger partial charge in [-0.2, -0.15) is 0 Å². The van der Waals surface area contributed by atoms with Crippen molar-refractivity contribution in [3.05, 3.63) is 29.8 Å². The molecule has 1 aliphatic rings. The van der Waals surface area contributed by atoms with Gasteiger partial charge in [-0.3, -0.25) is 0 Å².